The van der Waals surface area contributed by atoms with E-state index < -0.39 is 0 Å². The fourth-order valence-corrected chi connectivity index (χ4v) is 1.92. The molecule has 0 nitrogen and oxygen atoms in total. The van der Waals surface area contributed by atoms with Crippen LogP contribution in [0.25, 0.3) is 0 Å². The van der Waals surface area contributed by atoms with E-state index >= 15 is 0 Å². The van der Waals surface area contributed by atoms with Gasteiger partial charge in [0, 0.05) is 0 Å². The summed E-state index contributed by atoms with van der Waals surface area (Å²) < 4.78 is 0. The second kappa shape index (κ2) is 5.35. The Morgan fingerprint density at radius 3 is 1.53 bits per heavy atom. The zero-order chi connectivity index (χ0) is 11.3. The largest absolute Gasteiger partial charge is 0.0984 e. The van der Waals surface area contributed by atoms with Crippen molar-refractivity contribution in [3.8, 4) is 0 Å². The third-order valence-electron chi connectivity index (χ3n) is 2.51. The van der Waals surface area contributed by atoms with Crippen LogP contribution in [0.1, 0.15) is 20.3 Å². The molecule has 0 aromatic carbocycles. The van der Waals surface area contributed by atoms with E-state index in [1.54, 1.807) is 0 Å². The lowest BCUT2D eigenvalue weighted by molar-refractivity contribution is 1.24. The monoisotopic (exact) mass is 198 g/mol. The van der Waals surface area contributed by atoms with Crippen LogP contribution in [0, 0.1) is 0 Å². The summed E-state index contributed by atoms with van der Waals surface area (Å²) >= 11 is 0. The molecule has 0 fully saturated rings. The van der Waals surface area contributed by atoms with Gasteiger partial charge in [0.25, 0.3) is 0 Å². The number of rotatable bonds is 4. The van der Waals surface area contributed by atoms with E-state index in [2.05, 4.69) is 37.5 Å². The van der Waals surface area contributed by atoms with Gasteiger partial charge in [-0.05, 0) is 42.6 Å². The van der Waals surface area contributed by atoms with E-state index in [1.807, 2.05) is 26.0 Å². The molecule has 78 valence electrons. The Bertz CT molecular complexity index is 346. The van der Waals surface area contributed by atoms with Gasteiger partial charge in [-0.3, -0.25) is 0 Å². The van der Waals surface area contributed by atoms with Crippen LogP contribution in [0.2, 0.25) is 0 Å². The molecule has 0 saturated heterocycles. The second-order valence-electron chi connectivity index (χ2n) is 3.46. The highest BCUT2D eigenvalue weighted by Gasteiger charge is 2.16. The summed E-state index contributed by atoms with van der Waals surface area (Å²) in [5, 5.41) is 0. The summed E-state index contributed by atoms with van der Waals surface area (Å²) in [6.07, 6.45) is 13.3. The molecule has 0 N–H and O–H groups in total. The molecule has 0 unspecified atom stereocenters. The van der Waals surface area contributed by atoms with Crippen molar-refractivity contribution in [2.75, 3.05) is 0 Å². The summed E-state index contributed by atoms with van der Waals surface area (Å²) in [5.74, 6) is 0. The molecule has 0 heterocycles. The third kappa shape index (κ3) is 2.27. The Kier molecular flexibility index (Phi) is 4.11. The van der Waals surface area contributed by atoms with Crippen LogP contribution >= 0.6 is 0 Å². The van der Waals surface area contributed by atoms with Crippen molar-refractivity contribution in [2.24, 2.45) is 0 Å². The standard InChI is InChI=1S/C15H18/c1-5-9-12-11-13(10-6-2)15(8-4)14(12)7-3/h5-10H,3-4,11H2,1-2H3/b9-5-,10-6-. The predicted octanol–water partition coefficient (Wildman–Crippen LogP) is 4.51. The first-order valence-corrected chi connectivity index (χ1v) is 5.25. The molecule has 0 bridgehead atoms. The molecule has 0 amide bonds. The zero-order valence-electron chi connectivity index (χ0n) is 9.59. The Balaban J connectivity index is 3.20. The van der Waals surface area contributed by atoms with Crippen molar-refractivity contribution in [2.45, 2.75) is 20.3 Å². The van der Waals surface area contributed by atoms with Gasteiger partial charge in [-0.1, -0.05) is 49.6 Å². The van der Waals surface area contributed by atoms with Gasteiger partial charge in [0.15, 0.2) is 0 Å². The van der Waals surface area contributed by atoms with Crippen LogP contribution in [0.3, 0.4) is 0 Å². The van der Waals surface area contributed by atoms with Crippen LogP contribution in [-0.4, -0.2) is 0 Å². The van der Waals surface area contributed by atoms with Gasteiger partial charge in [-0.2, -0.15) is 0 Å². The van der Waals surface area contributed by atoms with Crippen LogP contribution in [0.4, 0.5) is 0 Å². The minimum absolute atomic E-state index is 0.984. The lowest BCUT2D eigenvalue weighted by Gasteiger charge is -1.99. The fourth-order valence-electron chi connectivity index (χ4n) is 1.92. The first kappa shape index (κ1) is 11.5. The molecule has 0 spiro atoms. The van der Waals surface area contributed by atoms with E-state index in [4.69, 9.17) is 0 Å². The molecule has 0 heteroatoms. The molecule has 0 aromatic heterocycles. The molecule has 0 aliphatic heterocycles. The van der Waals surface area contributed by atoms with E-state index in [9.17, 15) is 0 Å². The van der Waals surface area contributed by atoms with E-state index in [1.165, 1.54) is 22.3 Å². The van der Waals surface area contributed by atoms with Gasteiger partial charge < -0.3 is 0 Å². The Hall–Kier alpha value is -1.56. The lowest BCUT2D eigenvalue weighted by atomic mass is 10.1. The van der Waals surface area contributed by atoms with Gasteiger partial charge in [0.05, 0.1) is 0 Å². The Morgan fingerprint density at radius 2 is 1.27 bits per heavy atom. The van der Waals surface area contributed by atoms with Crippen molar-refractivity contribution >= 4 is 0 Å². The zero-order valence-corrected chi connectivity index (χ0v) is 9.59. The molecular formula is C15H18. The normalized spacial score (nSPS) is 17.2. The first-order valence-electron chi connectivity index (χ1n) is 5.25. The van der Waals surface area contributed by atoms with E-state index in [-0.39, 0.29) is 0 Å². The van der Waals surface area contributed by atoms with Gasteiger partial charge in [-0.15, -0.1) is 0 Å². The van der Waals surface area contributed by atoms with Crippen molar-refractivity contribution in [3.63, 3.8) is 0 Å². The number of allylic oxidation sites excluding steroid dienone is 10. The molecule has 0 saturated carbocycles. The SMILES string of the molecule is C=CC1=C(/C=C\C)CC(/C=C\C)=C1C=C. The summed E-state index contributed by atoms with van der Waals surface area (Å²) in [6.45, 7) is 11.8. The molecule has 0 aromatic rings. The summed E-state index contributed by atoms with van der Waals surface area (Å²) in [5.41, 5.74) is 5.10. The molecule has 0 atom stereocenters. The number of hydrogen-bond acceptors (Lipinski definition) is 0. The molecule has 0 radical (unpaired) electrons. The Morgan fingerprint density at radius 1 is 0.867 bits per heavy atom. The van der Waals surface area contributed by atoms with E-state index in [0.717, 1.165) is 6.42 Å². The van der Waals surface area contributed by atoms with Gasteiger partial charge in [-0.25, -0.2) is 0 Å². The Labute approximate surface area is 92.7 Å². The third-order valence-corrected chi connectivity index (χ3v) is 2.51. The lowest BCUT2D eigenvalue weighted by Crippen LogP contribution is -1.80. The maximum absolute atomic E-state index is 3.87. The van der Waals surface area contributed by atoms with Crippen LogP contribution in [-0.2, 0) is 0 Å². The highest BCUT2D eigenvalue weighted by molar-refractivity contribution is 5.61. The first-order chi connectivity index (χ1) is 7.28. The maximum Gasteiger partial charge on any atom is -0.00137 e. The maximum atomic E-state index is 3.87. The van der Waals surface area contributed by atoms with Crippen molar-refractivity contribution in [1.29, 1.82) is 0 Å². The quantitative estimate of drug-likeness (QED) is 0.623. The summed E-state index contributed by atoms with van der Waals surface area (Å²) in [4.78, 5) is 0. The summed E-state index contributed by atoms with van der Waals surface area (Å²) in [7, 11) is 0. The smallest absolute Gasteiger partial charge is 0.00137 e. The molecule has 1 aliphatic rings. The second-order valence-corrected chi connectivity index (χ2v) is 3.46. The predicted molar refractivity (Wildman–Crippen MR) is 68.7 cm³/mol. The molecular weight excluding hydrogens is 180 g/mol. The fraction of sp³-hybridized carbons (Fsp3) is 0.200. The molecule has 1 aliphatic carbocycles. The topological polar surface area (TPSA) is 0 Å². The summed E-state index contributed by atoms with van der Waals surface area (Å²) in [6, 6.07) is 0. The molecule has 1 rings (SSSR count). The average molecular weight is 198 g/mol. The molecule has 15 heavy (non-hydrogen) atoms. The van der Waals surface area contributed by atoms with E-state index in [0.29, 0.717) is 0 Å². The van der Waals surface area contributed by atoms with Gasteiger partial charge >= 0.3 is 0 Å². The van der Waals surface area contributed by atoms with Gasteiger partial charge in [0.1, 0.15) is 0 Å². The van der Waals surface area contributed by atoms with Gasteiger partial charge in [0.2, 0.25) is 0 Å². The number of hydrogen-bond donors (Lipinski definition) is 0. The highest BCUT2D eigenvalue weighted by atomic mass is 14.2. The average Bonchev–Trinajstić information content (AvgIpc) is 2.56. The van der Waals surface area contributed by atoms with Crippen molar-refractivity contribution in [1.82, 2.24) is 0 Å². The van der Waals surface area contributed by atoms with Crippen LogP contribution in [0.15, 0.2) is 71.9 Å². The van der Waals surface area contributed by atoms with Crippen LogP contribution < -0.4 is 0 Å². The van der Waals surface area contributed by atoms with Crippen LogP contribution in [0.5, 0.6) is 0 Å². The highest BCUT2D eigenvalue weighted by Crippen LogP contribution is 2.35. The van der Waals surface area contributed by atoms with Crippen molar-refractivity contribution in [3.05, 3.63) is 71.9 Å². The minimum atomic E-state index is 0.984. The van der Waals surface area contributed by atoms with Crippen molar-refractivity contribution < 1.29 is 0 Å². The minimum Gasteiger partial charge on any atom is -0.0984 e.